The molecule has 0 N–H and O–H groups in total. The van der Waals surface area contributed by atoms with Crippen molar-refractivity contribution in [2.75, 3.05) is 0 Å². The average Bonchev–Trinajstić information content (AvgIpc) is 2.41. The van der Waals surface area contributed by atoms with Crippen molar-refractivity contribution in [3.05, 3.63) is 59.7 Å². The van der Waals surface area contributed by atoms with E-state index >= 15 is 0 Å². The van der Waals surface area contributed by atoms with E-state index in [4.69, 9.17) is 4.74 Å². The molecule has 2 nitrogen and oxygen atoms in total. The average molecular weight is 262 g/mol. The van der Waals surface area contributed by atoms with Crippen LogP contribution in [0.5, 0.6) is 11.5 Å². The predicted molar refractivity (Wildman–Crippen MR) is 67.5 cm³/mol. The van der Waals surface area contributed by atoms with E-state index in [2.05, 4.69) is 0 Å². The Morgan fingerprint density at radius 2 is 1.84 bits per heavy atom. The number of ether oxygens (including phenoxy) is 1. The molecule has 19 heavy (non-hydrogen) atoms. The van der Waals surface area contributed by atoms with Gasteiger partial charge in [-0.15, -0.1) is 0 Å². The molecule has 0 saturated carbocycles. The highest BCUT2D eigenvalue weighted by atomic mass is 19.1. The van der Waals surface area contributed by atoms with Gasteiger partial charge in [0.2, 0.25) is 0 Å². The van der Waals surface area contributed by atoms with Crippen molar-refractivity contribution in [1.29, 1.82) is 0 Å². The van der Waals surface area contributed by atoms with E-state index < -0.39 is 11.6 Å². The molecule has 0 radical (unpaired) electrons. The first-order valence-corrected chi connectivity index (χ1v) is 5.87. The van der Waals surface area contributed by atoms with E-state index in [1.165, 1.54) is 6.07 Å². The van der Waals surface area contributed by atoms with Crippen LogP contribution in [-0.2, 0) is 0 Å². The number of ketones is 1. The van der Waals surface area contributed by atoms with Crippen LogP contribution in [0.15, 0.2) is 42.5 Å². The summed E-state index contributed by atoms with van der Waals surface area (Å²) in [5, 5.41) is 0. The van der Waals surface area contributed by atoms with Gasteiger partial charge in [0.25, 0.3) is 0 Å². The highest BCUT2D eigenvalue weighted by molar-refractivity contribution is 5.98. The van der Waals surface area contributed by atoms with Crippen LogP contribution in [0.4, 0.5) is 8.78 Å². The number of para-hydroxylation sites is 1. The number of Topliss-reactive ketones (excluding diaryl/α,β-unsaturated/α-hetero) is 1. The Balaban J connectivity index is 2.35. The summed E-state index contributed by atoms with van der Waals surface area (Å²) in [5.74, 6) is -1.43. The topological polar surface area (TPSA) is 26.3 Å². The molecule has 2 aromatic rings. The largest absolute Gasteiger partial charge is 0.454 e. The zero-order valence-corrected chi connectivity index (χ0v) is 10.3. The highest BCUT2D eigenvalue weighted by Crippen LogP contribution is 2.28. The Morgan fingerprint density at radius 3 is 2.53 bits per heavy atom. The van der Waals surface area contributed by atoms with Gasteiger partial charge >= 0.3 is 0 Å². The molecule has 0 amide bonds. The zero-order chi connectivity index (χ0) is 13.8. The lowest BCUT2D eigenvalue weighted by molar-refractivity contribution is 0.0986. The Hall–Kier alpha value is -2.23. The van der Waals surface area contributed by atoms with E-state index in [0.29, 0.717) is 12.0 Å². The Kier molecular flexibility index (Phi) is 3.90. The van der Waals surface area contributed by atoms with E-state index in [0.717, 1.165) is 12.1 Å². The lowest BCUT2D eigenvalue weighted by Gasteiger charge is -2.10. The molecule has 0 atom stereocenters. The first-order chi connectivity index (χ1) is 9.11. The third kappa shape index (κ3) is 2.96. The van der Waals surface area contributed by atoms with Crippen LogP contribution in [0.2, 0.25) is 0 Å². The van der Waals surface area contributed by atoms with Crippen molar-refractivity contribution < 1.29 is 18.3 Å². The second-order valence-corrected chi connectivity index (χ2v) is 3.95. The van der Waals surface area contributed by atoms with Crippen LogP contribution in [0, 0.1) is 11.6 Å². The van der Waals surface area contributed by atoms with E-state index in [9.17, 15) is 13.6 Å². The van der Waals surface area contributed by atoms with Crippen molar-refractivity contribution >= 4 is 5.78 Å². The summed E-state index contributed by atoms with van der Waals surface area (Å²) < 4.78 is 31.7. The van der Waals surface area contributed by atoms with Crippen molar-refractivity contribution in [3.8, 4) is 11.5 Å². The normalized spacial score (nSPS) is 10.3. The molecule has 98 valence electrons. The predicted octanol–water partition coefficient (Wildman–Crippen LogP) is 4.35. The smallest absolute Gasteiger partial charge is 0.168 e. The third-order valence-corrected chi connectivity index (χ3v) is 2.62. The number of rotatable bonds is 4. The molecule has 0 bridgehead atoms. The van der Waals surface area contributed by atoms with Gasteiger partial charge in [-0.25, -0.2) is 8.78 Å². The Morgan fingerprint density at radius 1 is 1.11 bits per heavy atom. The van der Waals surface area contributed by atoms with Gasteiger partial charge < -0.3 is 4.74 Å². The van der Waals surface area contributed by atoms with Gasteiger partial charge in [0, 0.05) is 12.5 Å². The monoisotopic (exact) mass is 262 g/mol. The summed E-state index contributed by atoms with van der Waals surface area (Å²) in [6.45, 7) is 1.73. The van der Waals surface area contributed by atoms with Crippen LogP contribution < -0.4 is 4.74 Å². The van der Waals surface area contributed by atoms with Gasteiger partial charge in [-0.05, 0) is 24.3 Å². The number of halogens is 2. The number of carbonyl (C=O) groups is 1. The minimum atomic E-state index is -0.807. The molecule has 0 aliphatic rings. The quantitative estimate of drug-likeness (QED) is 0.766. The number of carbonyl (C=O) groups excluding carboxylic acids is 1. The number of benzene rings is 2. The summed E-state index contributed by atoms with van der Waals surface area (Å²) in [5.41, 5.74) is 0.383. The van der Waals surface area contributed by atoms with Crippen molar-refractivity contribution in [2.24, 2.45) is 0 Å². The molecule has 0 fully saturated rings. The van der Waals surface area contributed by atoms with Crippen LogP contribution in [0.1, 0.15) is 23.7 Å². The first kappa shape index (κ1) is 13.2. The molecule has 0 aliphatic heterocycles. The molecule has 0 spiro atoms. The maximum absolute atomic E-state index is 13.5. The first-order valence-electron chi connectivity index (χ1n) is 5.87. The van der Waals surface area contributed by atoms with Gasteiger partial charge in [-0.3, -0.25) is 4.79 Å². The van der Waals surface area contributed by atoms with Gasteiger partial charge in [0.1, 0.15) is 11.6 Å². The SMILES string of the molecule is CCC(=O)c1ccccc1Oc1ccc(F)cc1F. The van der Waals surface area contributed by atoms with Gasteiger partial charge in [-0.1, -0.05) is 19.1 Å². The summed E-state index contributed by atoms with van der Waals surface area (Å²) in [4.78, 5) is 11.7. The van der Waals surface area contributed by atoms with E-state index in [-0.39, 0.29) is 17.3 Å². The molecule has 0 aromatic heterocycles. The third-order valence-electron chi connectivity index (χ3n) is 2.62. The maximum atomic E-state index is 13.5. The standard InChI is InChI=1S/C15H12F2O2/c1-2-13(18)11-5-3-4-6-14(11)19-15-8-7-10(16)9-12(15)17/h3-9H,2H2,1H3. The maximum Gasteiger partial charge on any atom is 0.168 e. The Labute approximate surface area is 109 Å². The molecule has 0 saturated heterocycles. The molecule has 2 aromatic carbocycles. The molecular formula is C15H12F2O2. The lowest BCUT2D eigenvalue weighted by atomic mass is 10.1. The van der Waals surface area contributed by atoms with Gasteiger partial charge in [0.05, 0.1) is 5.56 Å². The number of hydrogen-bond donors (Lipinski definition) is 0. The summed E-state index contributed by atoms with van der Waals surface area (Å²) in [7, 11) is 0. The van der Waals surface area contributed by atoms with E-state index in [1.807, 2.05) is 0 Å². The lowest BCUT2D eigenvalue weighted by Crippen LogP contribution is -2.00. The van der Waals surface area contributed by atoms with Crippen molar-refractivity contribution in [3.63, 3.8) is 0 Å². The zero-order valence-electron chi connectivity index (χ0n) is 10.3. The second-order valence-electron chi connectivity index (χ2n) is 3.95. The highest BCUT2D eigenvalue weighted by Gasteiger charge is 2.13. The van der Waals surface area contributed by atoms with Gasteiger partial charge in [0.15, 0.2) is 17.3 Å². The van der Waals surface area contributed by atoms with Crippen LogP contribution in [0.25, 0.3) is 0 Å². The Bertz CT molecular complexity index is 609. The van der Waals surface area contributed by atoms with Crippen LogP contribution >= 0.6 is 0 Å². The second kappa shape index (κ2) is 5.61. The van der Waals surface area contributed by atoms with Crippen LogP contribution in [-0.4, -0.2) is 5.78 Å². The fourth-order valence-electron chi connectivity index (χ4n) is 1.65. The van der Waals surface area contributed by atoms with Crippen molar-refractivity contribution in [1.82, 2.24) is 0 Å². The molecule has 2 rings (SSSR count). The van der Waals surface area contributed by atoms with Gasteiger partial charge in [-0.2, -0.15) is 0 Å². The fourth-order valence-corrected chi connectivity index (χ4v) is 1.65. The summed E-state index contributed by atoms with van der Waals surface area (Å²) in [6, 6.07) is 9.61. The van der Waals surface area contributed by atoms with Crippen molar-refractivity contribution in [2.45, 2.75) is 13.3 Å². The fraction of sp³-hybridized carbons (Fsp3) is 0.133. The summed E-state index contributed by atoms with van der Waals surface area (Å²) in [6.07, 6.45) is 0.326. The minimum Gasteiger partial charge on any atom is -0.454 e. The summed E-state index contributed by atoms with van der Waals surface area (Å²) >= 11 is 0. The van der Waals surface area contributed by atoms with E-state index in [1.54, 1.807) is 31.2 Å². The molecule has 0 aliphatic carbocycles. The molecule has 0 unspecified atom stereocenters. The van der Waals surface area contributed by atoms with Crippen LogP contribution in [0.3, 0.4) is 0 Å². The molecule has 4 heteroatoms. The minimum absolute atomic E-state index is 0.0990. The molecular weight excluding hydrogens is 250 g/mol. The molecule has 0 heterocycles. The number of hydrogen-bond acceptors (Lipinski definition) is 2.